The number of benzene rings is 1. The maximum atomic E-state index is 11.7. The molecule has 0 aromatic heterocycles. The van der Waals surface area contributed by atoms with Gasteiger partial charge in [0.1, 0.15) is 0 Å². The summed E-state index contributed by atoms with van der Waals surface area (Å²) < 4.78 is 28.1. The molecule has 15 heavy (non-hydrogen) atoms. The average molecular weight is 227 g/mol. The Kier molecular flexibility index (Phi) is 3.47. The number of aryl methyl sites for hydroxylation is 1. The molecule has 0 saturated heterocycles. The van der Waals surface area contributed by atoms with Gasteiger partial charge in [-0.15, -0.1) is 0 Å². The first-order valence-corrected chi connectivity index (χ1v) is 6.00. The minimum Gasteiger partial charge on any atom is -0.470 e. The van der Waals surface area contributed by atoms with Crippen LogP contribution in [-0.4, -0.2) is 20.3 Å². The largest absolute Gasteiger partial charge is 0.470 e. The van der Waals surface area contributed by atoms with E-state index < -0.39 is 15.1 Å². The summed E-state index contributed by atoms with van der Waals surface area (Å²) >= 11 is 0. The molecule has 1 rings (SSSR count). The number of sulfone groups is 1. The Labute approximate surface area is 89.3 Å². The fraction of sp³-hybridized carbons (Fsp3) is 0.300. The SMILES string of the molecule is CCOC(=N)S(=O)(=O)c1ccc(C)cc1. The Bertz CT molecular complexity index is 448. The third kappa shape index (κ3) is 2.56. The predicted octanol–water partition coefficient (Wildman–Crippen LogP) is 1.74. The fourth-order valence-corrected chi connectivity index (χ4v) is 2.01. The van der Waals surface area contributed by atoms with Crippen molar-refractivity contribution in [1.29, 1.82) is 5.41 Å². The number of ether oxygens (including phenoxy) is 1. The van der Waals surface area contributed by atoms with Crippen molar-refractivity contribution in [2.45, 2.75) is 18.7 Å². The molecule has 0 aliphatic rings. The smallest absolute Gasteiger partial charge is 0.307 e. The lowest BCUT2D eigenvalue weighted by Crippen LogP contribution is -2.17. The molecule has 0 radical (unpaired) electrons. The van der Waals surface area contributed by atoms with Crippen LogP contribution in [0.2, 0.25) is 0 Å². The van der Waals surface area contributed by atoms with Gasteiger partial charge in [-0.2, -0.15) is 0 Å². The van der Waals surface area contributed by atoms with Gasteiger partial charge in [0.15, 0.2) is 0 Å². The Balaban J connectivity index is 3.06. The summed E-state index contributed by atoms with van der Waals surface area (Å²) in [6, 6.07) is 6.31. The molecule has 5 heteroatoms. The number of hydrogen-bond acceptors (Lipinski definition) is 4. The first-order valence-electron chi connectivity index (χ1n) is 4.51. The molecular formula is C10H13NO3S. The molecule has 0 atom stereocenters. The first kappa shape index (κ1) is 11.7. The monoisotopic (exact) mass is 227 g/mol. The fourth-order valence-electron chi connectivity index (χ4n) is 1.03. The minimum atomic E-state index is -3.76. The summed E-state index contributed by atoms with van der Waals surface area (Å²) in [6.45, 7) is 3.67. The molecule has 0 aliphatic heterocycles. The molecule has 0 unspecified atom stereocenters. The number of rotatable bonds is 2. The van der Waals surface area contributed by atoms with Gasteiger partial charge in [-0.05, 0) is 26.0 Å². The van der Waals surface area contributed by atoms with Gasteiger partial charge in [0.05, 0.1) is 11.5 Å². The highest BCUT2D eigenvalue weighted by Gasteiger charge is 2.21. The van der Waals surface area contributed by atoms with Crippen LogP contribution < -0.4 is 0 Å². The van der Waals surface area contributed by atoms with E-state index in [4.69, 9.17) is 5.41 Å². The maximum absolute atomic E-state index is 11.7. The lowest BCUT2D eigenvalue weighted by molar-refractivity contribution is 0.331. The number of nitrogens with one attached hydrogen (secondary N) is 1. The molecule has 0 saturated carbocycles. The summed E-state index contributed by atoms with van der Waals surface area (Å²) in [7, 11) is -3.76. The van der Waals surface area contributed by atoms with Crippen LogP contribution in [0.5, 0.6) is 0 Å². The van der Waals surface area contributed by atoms with Crippen molar-refractivity contribution in [2.75, 3.05) is 6.61 Å². The van der Waals surface area contributed by atoms with E-state index in [2.05, 4.69) is 4.74 Å². The summed E-state index contributed by atoms with van der Waals surface area (Å²) in [6.07, 6.45) is 0. The van der Waals surface area contributed by atoms with Gasteiger partial charge in [-0.25, -0.2) is 8.42 Å². The quantitative estimate of drug-likeness (QED) is 0.618. The van der Waals surface area contributed by atoms with E-state index in [0.717, 1.165) is 5.56 Å². The zero-order valence-electron chi connectivity index (χ0n) is 8.65. The minimum absolute atomic E-state index is 0.0894. The van der Waals surface area contributed by atoms with Gasteiger partial charge in [-0.1, -0.05) is 17.7 Å². The maximum Gasteiger partial charge on any atom is 0.307 e. The van der Waals surface area contributed by atoms with E-state index in [0.29, 0.717) is 0 Å². The van der Waals surface area contributed by atoms with Crippen molar-refractivity contribution in [3.63, 3.8) is 0 Å². The van der Waals surface area contributed by atoms with E-state index in [9.17, 15) is 8.42 Å². The number of hydrogen-bond donors (Lipinski definition) is 1. The van der Waals surface area contributed by atoms with Crippen LogP contribution in [0.4, 0.5) is 0 Å². The second kappa shape index (κ2) is 4.44. The van der Waals surface area contributed by atoms with E-state index in [1.165, 1.54) is 12.1 Å². The van der Waals surface area contributed by atoms with Gasteiger partial charge in [0, 0.05) is 0 Å². The van der Waals surface area contributed by atoms with Crippen molar-refractivity contribution in [1.82, 2.24) is 0 Å². The van der Waals surface area contributed by atoms with Gasteiger partial charge in [0.25, 0.3) is 9.84 Å². The van der Waals surface area contributed by atoms with Gasteiger partial charge in [0.2, 0.25) is 0 Å². The average Bonchev–Trinajstić information content (AvgIpc) is 2.18. The molecule has 0 heterocycles. The van der Waals surface area contributed by atoms with Crippen molar-refractivity contribution < 1.29 is 13.2 Å². The van der Waals surface area contributed by atoms with Gasteiger partial charge < -0.3 is 4.74 Å². The lowest BCUT2D eigenvalue weighted by Gasteiger charge is -2.06. The third-order valence-corrected chi connectivity index (χ3v) is 3.35. The normalized spacial score (nSPS) is 11.1. The second-order valence-electron chi connectivity index (χ2n) is 3.04. The van der Waals surface area contributed by atoms with E-state index >= 15 is 0 Å². The Morgan fingerprint density at radius 3 is 2.33 bits per heavy atom. The predicted molar refractivity (Wildman–Crippen MR) is 57.7 cm³/mol. The first-order chi connectivity index (χ1) is 6.98. The van der Waals surface area contributed by atoms with Crippen molar-refractivity contribution in [3.05, 3.63) is 29.8 Å². The van der Waals surface area contributed by atoms with Crippen LogP contribution >= 0.6 is 0 Å². The Hall–Kier alpha value is -1.36. The molecule has 82 valence electrons. The third-order valence-electron chi connectivity index (χ3n) is 1.85. The van der Waals surface area contributed by atoms with Crippen LogP contribution in [0.15, 0.2) is 29.2 Å². The van der Waals surface area contributed by atoms with Crippen LogP contribution in [-0.2, 0) is 14.6 Å². The lowest BCUT2D eigenvalue weighted by atomic mass is 10.2. The van der Waals surface area contributed by atoms with Gasteiger partial charge in [-0.3, -0.25) is 5.41 Å². The highest BCUT2D eigenvalue weighted by atomic mass is 32.2. The highest BCUT2D eigenvalue weighted by Crippen LogP contribution is 2.13. The van der Waals surface area contributed by atoms with Crippen molar-refractivity contribution in [3.8, 4) is 0 Å². The summed E-state index contributed by atoms with van der Waals surface area (Å²) in [5.41, 5.74) is 0.969. The van der Waals surface area contributed by atoms with Crippen molar-refractivity contribution in [2.24, 2.45) is 0 Å². The van der Waals surface area contributed by atoms with Crippen LogP contribution in [0, 0.1) is 12.3 Å². The molecule has 0 amide bonds. The molecule has 0 aliphatic carbocycles. The Morgan fingerprint density at radius 2 is 1.87 bits per heavy atom. The Morgan fingerprint density at radius 1 is 1.33 bits per heavy atom. The second-order valence-corrected chi connectivity index (χ2v) is 4.89. The summed E-state index contributed by atoms with van der Waals surface area (Å²) in [5, 5.41) is 6.57. The van der Waals surface area contributed by atoms with Crippen LogP contribution in [0.1, 0.15) is 12.5 Å². The van der Waals surface area contributed by atoms with E-state index in [1.54, 1.807) is 19.1 Å². The molecular weight excluding hydrogens is 214 g/mol. The zero-order chi connectivity index (χ0) is 11.5. The molecule has 0 spiro atoms. The summed E-state index contributed by atoms with van der Waals surface area (Å²) in [5.74, 6) is 0. The van der Waals surface area contributed by atoms with Gasteiger partial charge >= 0.3 is 5.23 Å². The van der Waals surface area contributed by atoms with E-state index in [-0.39, 0.29) is 11.5 Å². The zero-order valence-corrected chi connectivity index (χ0v) is 9.47. The summed E-state index contributed by atoms with van der Waals surface area (Å²) in [4.78, 5) is 0.0894. The molecule has 1 N–H and O–H groups in total. The molecule has 1 aromatic rings. The molecule has 4 nitrogen and oxygen atoms in total. The van der Waals surface area contributed by atoms with Crippen LogP contribution in [0.25, 0.3) is 0 Å². The van der Waals surface area contributed by atoms with Crippen LogP contribution in [0.3, 0.4) is 0 Å². The standard InChI is InChI=1S/C10H13NO3S/c1-3-14-10(11)15(12,13)9-6-4-8(2)5-7-9/h4-7,11H,3H2,1-2H3. The molecule has 1 aromatic carbocycles. The van der Waals surface area contributed by atoms with E-state index in [1.807, 2.05) is 6.92 Å². The molecule has 0 bridgehead atoms. The molecule has 0 fully saturated rings. The van der Waals surface area contributed by atoms with Crippen molar-refractivity contribution >= 4 is 15.1 Å². The highest BCUT2D eigenvalue weighted by molar-refractivity contribution is 8.05. The topological polar surface area (TPSA) is 67.2 Å².